The molecule has 1 aromatic heterocycles. The van der Waals surface area contributed by atoms with Crippen molar-refractivity contribution in [3.63, 3.8) is 0 Å². The third-order valence-corrected chi connectivity index (χ3v) is 3.23. The first-order valence-corrected chi connectivity index (χ1v) is 5.64. The summed E-state index contributed by atoms with van der Waals surface area (Å²) < 4.78 is 5.32. The first-order chi connectivity index (χ1) is 7.70. The molecule has 2 heterocycles. The van der Waals surface area contributed by atoms with Crippen molar-refractivity contribution in [2.24, 2.45) is 0 Å². The molecule has 0 saturated carbocycles. The maximum absolute atomic E-state index is 6.08. The van der Waals surface area contributed by atoms with E-state index in [1.165, 1.54) is 6.33 Å². The number of rotatable bonds is 2. The van der Waals surface area contributed by atoms with Crippen LogP contribution in [0, 0.1) is 0 Å². The van der Waals surface area contributed by atoms with E-state index < -0.39 is 0 Å². The topological polar surface area (TPSA) is 64.3 Å². The minimum absolute atomic E-state index is 0.325. The summed E-state index contributed by atoms with van der Waals surface area (Å²) in [6.45, 7) is 1.57. The summed E-state index contributed by atoms with van der Waals surface area (Å²) >= 11 is 6.08. The molecule has 0 radical (unpaired) electrons. The average Bonchev–Trinajstić information content (AvgIpc) is 2.33. The molecule has 5 nitrogen and oxygen atoms in total. The molecule has 1 aliphatic rings. The number of halogens is 1. The number of ether oxygens (including phenoxy) is 1. The maximum atomic E-state index is 6.08. The minimum atomic E-state index is 0.325. The van der Waals surface area contributed by atoms with Gasteiger partial charge >= 0.3 is 0 Å². The van der Waals surface area contributed by atoms with Gasteiger partial charge < -0.3 is 15.4 Å². The van der Waals surface area contributed by atoms with Gasteiger partial charge in [0.05, 0.1) is 0 Å². The molecule has 1 fully saturated rings. The number of hydrogen-bond donors (Lipinski definition) is 1. The van der Waals surface area contributed by atoms with E-state index in [9.17, 15) is 0 Å². The molecule has 0 bridgehead atoms. The molecule has 2 N–H and O–H groups in total. The van der Waals surface area contributed by atoms with Crippen molar-refractivity contribution < 1.29 is 4.74 Å². The van der Waals surface area contributed by atoms with Crippen molar-refractivity contribution in [2.75, 3.05) is 30.9 Å². The fraction of sp³-hybridized carbons (Fsp3) is 0.600. The van der Waals surface area contributed by atoms with Crippen LogP contribution in [-0.2, 0) is 4.74 Å². The maximum Gasteiger partial charge on any atom is 0.153 e. The Hall–Kier alpha value is -1.07. The van der Waals surface area contributed by atoms with Crippen molar-refractivity contribution in [1.82, 2.24) is 9.97 Å². The summed E-state index contributed by atoms with van der Waals surface area (Å²) in [5.41, 5.74) is 5.65. The Bertz CT molecular complexity index is 368. The lowest BCUT2D eigenvalue weighted by Crippen LogP contribution is -2.37. The Kier molecular flexibility index (Phi) is 3.46. The Morgan fingerprint density at radius 1 is 1.44 bits per heavy atom. The van der Waals surface area contributed by atoms with E-state index in [1.54, 1.807) is 0 Å². The molecule has 0 spiro atoms. The second kappa shape index (κ2) is 4.84. The Balaban J connectivity index is 2.19. The van der Waals surface area contributed by atoms with Gasteiger partial charge in [-0.1, -0.05) is 11.6 Å². The quantitative estimate of drug-likeness (QED) is 0.848. The molecule has 0 aliphatic carbocycles. The molecule has 0 amide bonds. The number of anilines is 2. The molecule has 1 aliphatic heterocycles. The van der Waals surface area contributed by atoms with E-state index >= 15 is 0 Å². The highest BCUT2D eigenvalue weighted by molar-refractivity contribution is 6.35. The van der Waals surface area contributed by atoms with Gasteiger partial charge in [-0.3, -0.25) is 0 Å². The third-order valence-electron chi connectivity index (χ3n) is 2.87. The number of nitrogens with two attached hydrogens (primary N) is 1. The molecule has 6 heteroatoms. The smallest absolute Gasteiger partial charge is 0.153 e. The summed E-state index contributed by atoms with van der Waals surface area (Å²) in [6, 6.07) is 0.403. The fourth-order valence-electron chi connectivity index (χ4n) is 1.86. The summed E-state index contributed by atoms with van der Waals surface area (Å²) in [4.78, 5) is 10.1. The van der Waals surface area contributed by atoms with E-state index in [4.69, 9.17) is 22.1 Å². The van der Waals surface area contributed by atoms with E-state index in [-0.39, 0.29) is 0 Å². The van der Waals surface area contributed by atoms with Crippen LogP contribution in [0.3, 0.4) is 0 Å². The van der Waals surface area contributed by atoms with Crippen LogP contribution in [0.1, 0.15) is 12.8 Å². The van der Waals surface area contributed by atoms with Crippen LogP contribution in [0.5, 0.6) is 0 Å². The summed E-state index contributed by atoms with van der Waals surface area (Å²) in [7, 11) is 1.98. The SMILES string of the molecule is CN(c1ncnc(N)c1Cl)C1CCOCC1. The van der Waals surface area contributed by atoms with Crippen LogP contribution in [0.2, 0.25) is 5.02 Å². The van der Waals surface area contributed by atoms with Gasteiger partial charge in [0, 0.05) is 26.3 Å². The van der Waals surface area contributed by atoms with Crippen molar-refractivity contribution in [3.05, 3.63) is 11.3 Å². The van der Waals surface area contributed by atoms with Gasteiger partial charge in [-0.25, -0.2) is 9.97 Å². The number of nitrogen functional groups attached to an aromatic ring is 1. The molecule has 0 unspecified atom stereocenters. The zero-order valence-corrected chi connectivity index (χ0v) is 9.94. The van der Waals surface area contributed by atoms with Gasteiger partial charge in [0.1, 0.15) is 17.2 Å². The van der Waals surface area contributed by atoms with Crippen LogP contribution in [0.25, 0.3) is 0 Å². The predicted octanol–water partition coefficient (Wildman–Crippen LogP) is 1.33. The highest BCUT2D eigenvalue weighted by Gasteiger charge is 2.22. The van der Waals surface area contributed by atoms with Crippen LogP contribution >= 0.6 is 11.6 Å². The van der Waals surface area contributed by atoms with E-state index in [2.05, 4.69) is 14.9 Å². The summed E-state index contributed by atoms with van der Waals surface area (Å²) in [5, 5.41) is 0.427. The zero-order valence-electron chi connectivity index (χ0n) is 9.19. The van der Waals surface area contributed by atoms with Crippen LogP contribution in [-0.4, -0.2) is 36.3 Å². The summed E-state index contributed by atoms with van der Waals surface area (Å²) in [6.07, 6.45) is 3.40. The van der Waals surface area contributed by atoms with Crippen LogP contribution < -0.4 is 10.6 Å². The Labute approximate surface area is 99.6 Å². The molecule has 0 atom stereocenters. The largest absolute Gasteiger partial charge is 0.382 e. The second-order valence-corrected chi connectivity index (χ2v) is 4.23. The predicted molar refractivity (Wildman–Crippen MR) is 63.7 cm³/mol. The van der Waals surface area contributed by atoms with Crippen LogP contribution in [0.15, 0.2) is 6.33 Å². The number of aromatic nitrogens is 2. The average molecular weight is 243 g/mol. The van der Waals surface area contributed by atoms with Gasteiger partial charge in [-0.15, -0.1) is 0 Å². The standard InChI is InChI=1S/C10H15ClN4O/c1-15(7-2-4-16-5-3-7)10-8(11)9(12)13-6-14-10/h6-7H,2-5H2,1H3,(H2,12,13,14). The molecule has 88 valence electrons. The fourth-order valence-corrected chi connectivity index (χ4v) is 2.10. The number of nitrogens with zero attached hydrogens (tertiary/aromatic N) is 3. The highest BCUT2D eigenvalue weighted by Crippen LogP contribution is 2.29. The van der Waals surface area contributed by atoms with E-state index in [1.807, 2.05) is 7.05 Å². The second-order valence-electron chi connectivity index (χ2n) is 3.85. The number of hydrogen-bond acceptors (Lipinski definition) is 5. The molecular weight excluding hydrogens is 228 g/mol. The summed E-state index contributed by atoms with van der Waals surface area (Å²) in [5.74, 6) is 1.02. The van der Waals surface area contributed by atoms with Gasteiger partial charge in [0.25, 0.3) is 0 Å². The first-order valence-electron chi connectivity index (χ1n) is 5.26. The van der Waals surface area contributed by atoms with Gasteiger partial charge in [-0.2, -0.15) is 0 Å². The van der Waals surface area contributed by atoms with Crippen LogP contribution in [0.4, 0.5) is 11.6 Å². The minimum Gasteiger partial charge on any atom is -0.382 e. The molecular formula is C10H15ClN4O. The van der Waals surface area contributed by atoms with Crippen molar-refractivity contribution in [1.29, 1.82) is 0 Å². The molecule has 16 heavy (non-hydrogen) atoms. The Morgan fingerprint density at radius 2 is 2.12 bits per heavy atom. The molecule has 1 saturated heterocycles. The van der Waals surface area contributed by atoms with Gasteiger partial charge in [0.15, 0.2) is 5.82 Å². The lowest BCUT2D eigenvalue weighted by atomic mass is 10.1. The molecule has 0 aromatic carbocycles. The van der Waals surface area contributed by atoms with Crippen molar-refractivity contribution in [2.45, 2.75) is 18.9 Å². The Morgan fingerprint density at radius 3 is 2.81 bits per heavy atom. The first kappa shape index (κ1) is 11.4. The van der Waals surface area contributed by atoms with E-state index in [0.717, 1.165) is 26.1 Å². The molecule has 1 aromatic rings. The lowest BCUT2D eigenvalue weighted by molar-refractivity contribution is 0.0853. The van der Waals surface area contributed by atoms with Crippen molar-refractivity contribution in [3.8, 4) is 0 Å². The van der Waals surface area contributed by atoms with Gasteiger partial charge in [0.2, 0.25) is 0 Å². The third kappa shape index (κ3) is 2.20. The van der Waals surface area contributed by atoms with E-state index in [0.29, 0.717) is 22.7 Å². The van der Waals surface area contributed by atoms with Crippen molar-refractivity contribution >= 4 is 23.2 Å². The normalized spacial score (nSPS) is 17.4. The van der Waals surface area contributed by atoms with Gasteiger partial charge in [-0.05, 0) is 12.8 Å². The highest BCUT2D eigenvalue weighted by atomic mass is 35.5. The monoisotopic (exact) mass is 242 g/mol. The zero-order chi connectivity index (χ0) is 11.5. The molecule has 2 rings (SSSR count). The lowest BCUT2D eigenvalue weighted by Gasteiger charge is -2.32.